The number of nitrogens with one attached hydrogen (secondary N) is 1. The van der Waals surface area contributed by atoms with Crippen LogP contribution in [0, 0.1) is 0 Å². The minimum atomic E-state index is -3.91. The number of hydroxylamine groups is 1. The number of hydrogen-bond acceptors (Lipinski definition) is 5. The summed E-state index contributed by atoms with van der Waals surface area (Å²) in [4.78, 5) is 8.54. The summed E-state index contributed by atoms with van der Waals surface area (Å²) in [5.41, 5.74) is 7.19. The first-order valence-corrected chi connectivity index (χ1v) is 4.42. The largest absolute Gasteiger partial charge is 0.491 e. The molecular formula is C2H10N2O4P2. The van der Waals surface area contributed by atoms with Gasteiger partial charge in [-0.2, -0.15) is 10.1 Å². The number of nitrogens with two attached hydrogens (primary N) is 1. The van der Waals surface area contributed by atoms with Crippen LogP contribution in [0.2, 0.25) is 0 Å². The van der Waals surface area contributed by atoms with E-state index in [1.807, 2.05) is 0 Å². The van der Waals surface area contributed by atoms with Gasteiger partial charge in [0.2, 0.25) is 0 Å². The van der Waals surface area contributed by atoms with Crippen molar-refractivity contribution in [3.05, 3.63) is 0 Å². The lowest BCUT2D eigenvalue weighted by Gasteiger charge is -2.07. The van der Waals surface area contributed by atoms with Crippen molar-refractivity contribution in [1.29, 1.82) is 0 Å². The van der Waals surface area contributed by atoms with E-state index in [2.05, 4.69) is 14.4 Å². The van der Waals surface area contributed by atoms with Gasteiger partial charge in [-0.1, -0.05) is 0 Å². The second-order valence-corrected chi connectivity index (χ2v) is 3.31. The highest BCUT2D eigenvalue weighted by atomic mass is 31.2. The number of hydrogen-bond donors (Lipinski definition) is 3. The molecule has 0 aliphatic heterocycles. The molecule has 0 aromatic carbocycles. The zero-order valence-corrected chi connectivity index (χ0v) is 7.24. The highest BCUT2D eigenvalue weighted by Crippen LogP contribution is 2.43. The van der Waals surface area contributed by atoms with Gasteiger partial charge in [-0.15, -0.1) is 0 Å². The monoisotopic (exact) mass is 188 g/mol. The van der Waals surface area contributed by atoms with Crippen molar-refractivity contribution >= 4 is 17.3 Å². The molecule has 0 aromatic heterocycles. The molecular weight excluding hydrogens is 178 g/mol. The van der Waals surface area contributed by atoms with Crippen LogP contribution in [0.4, 0.5) is 0 Å². The molecule has 6 nitrogen and oxygen atoms in total. The van der Waals surface area contributed by atoms with Gasteiger partial charge in [0.25, 0.3) is 0 Å². The fourth-order valence-corrected chi connectivity index (χ4v) is 0.634. The van der Waals surface area contributed by atoms with Gasteiger partial charge in [0.05, 0.1) is 0 Å². The van der Waals surface area contributed by atoms with Crippen LogP contribution in [-0.4, -0.2) is 18.0 Å². The van der Waals surface area contributed by atoms with Crippen LogP contribution in [0.5, 0.6) is 0 Å². The minimum absolute atomic E-state index is 0.290. The van der Waals surface area contributed by atoms with Crippen LogP contribution in [0.1, 0.15) is 0 Å². The molecule has 2 unspecified atom stereocenters. The quantitative estimate of drug-likeness (QED) is 0.302. The number of phosphoric acid groups is 1. The van der Waals surface area contributed by atoms with E-state index in [-0.39, 0.29) is 0 Å². The van der Waals surface area contributed by atoms with E-state index < -0.39 is 7.82 Å². The van der Waals surface area contributed by atoms with Crippen molar-refractivity contribution < 1.29 is 18.4 Å². The minimum Gasteiger partial charge on any atom is -0.329 e. The van der Waals surface area contributed by atoms with E-state index in [9.17, 15) is 4.57 Å². The Morgan fingerprint density at radius 1 is 1.80 bits per heavy atom. The zero-order chi connectivity index (χ0) is 8.04. The molecule has 0 fully saturated rings. The second-order valence-electron chi connectivity index (χ2n) is 1.35. The molecule has 0 bridgehead atoms. The molecule has 0 rings (SSSR count). The van der Waals surface area contributed by atoms with Crippen molar-refractivity contribution in [3.63, 3.8) is 0 Å². The van der Waals surface area contributed by atoms with Crippen molar-refractivity contribution in [2.45, 2.75) is 0 Å². The van der Waals surface area contributed by atoms with E-state index in [1.165, 1.54) is 0 Å². The summed E-state index contributed by atoms with van der Waals surface area (Å²) in [5, 5.41) is 0. The fourth-order valence-electron chi connectivity index (χ4n) is 0.208. The Balaban J connectivity index is 3.38. The van der Waals surface area contributed by atoms with Crippen LogP contribution in [-0.2, 0) is 13.5 Å². The summed E-state index contributed by atoms with van der Waals surface area (Å²) in [7, 11) is -2.28. The van der Waals surface area contributed by atoms with Gasteiger partial charge in [-0.3, -0.25) is 4.31 Å². The first-order valence-electron chi connectivity index (χ1n) is 2.45. The Bertz CT molecular complexity index is 130. The molecule has 62 valence electrons. The molecule has 4 N–H and O–H groups in total. The van der Waals surface area contributed by atoms with Gasteiger partial charge in [0.15, 0.2) is 0 Å². The normalized spacial score (nSPS) is 16.7. The number of rotatable bonds is 5. The van der Waals surface area contributed by atoms with Crippen LogP contribution < -0.4 is 11.2 Å². The molecule has 10 heavy (non-hydrogen) atoms. The molecule has 0 heterocycles. The van der Waals surface area contributed by atoms with Gasteiger partial charge in [0, 0.05) is 22.6 Å². The molecule has 0 saturated carbocycles. The van der Waals surface area contributed by atoms with Crippen molar-refractivity contribution in [3.8, 4) is 0 Å². The van der Waals surface area contributed by atoms with Gasteiger partial charge < -0.3 is 10.6 Å². The van der Waals surface area contributed by atoms with Gasteiger partial charge in [0.1, 0.15) is 0 Å². The summed E-state index contributed by atoms with van der Waals surface area (Å²) in [5.74, 6) is 0. The van der Waals surface area contributed by atoms with Crippen molar-refractivity contribution in [2.24, 2.45) is 5.73 Å². The summed E-state index contributed by atoms with van der Waals surface area (Å²) < 4.78 is 18.6. The molecule has 2 atom stereocenters. The summed E-state index contributed by atoms with van der Waals surface area (Å²) >= 11 is 0. The van der Waals surface area contributed by atoms with Gasteiger partial charge >= 0.3 is 7.82 Å². The highest BCUT2D eigenvalue weighted by molar-refractivity contribution is 7.52. The first-order chi connectivity index (χ1) is 4.62. The third-order valence-corrected chi connectivity index (χ3v) is 1.98. The summed E-state index contributed by atoms with van der Waals surface area (Å²) in [6.45, 7) is 0.607. The van der Waals surface area contributed by atoms with Gasteiger partial charge in [-0.25, -0.2) is 4.57 Å². The smallest absolute Gasteiger partial charge is 0.329 e. The Hall–Kier alpha value is 0.460. The summed E-state index contributed by atoms with van der Waals surface area (Å²) in [6, 6.07) is 0. The third kappa shape index (κ3) is 5.26. The van der Waals surface area contributed by atoms with E-state index in [0.29, 0.717) is 13.1 Å². The predicted molar refractivity (Wildman–Crippen MR) is 38.8 cm³/mol. The SMILES string of the molecule is NCCNOP(=O)(O)OP. The van der Waals surface area contributed by atoms with Crippen LogP contribution >= 0.6 is 17.3 Å². The van der Waals surface area contributed by atoms with E-state index >= 15 is 0 Å². The van der Waals surface area contributed by atoms with Crippen molar-refractivity contribution in [2.75, 3.05) is 13.1 Å². The predicted octanol–water partition coefficient (Wildman–Crippen LogP) is -0.627. The molecule has 0 radical (unpaired) electrons. The average molecular weight is 188 g/mol. The lowest BCUT2D eigenvalue weighted by molar-refractivity contribution is 0.137. The van der Waals surface area contributed by atoms with Crippen LogP contribution in [0.15, 0.2) is 0 Å². The molecule has 0 aliphatic carbocycles. The fraction of sp³-hybridized carbons (Fsp3) is 1.00. The lowest BCUT2D eigenvalue weighted by atomic mass is 10.7. The topological polar surface area (TPSA) is 93.8 Å². The zero-order valence-electron chi connectivity index (χ0n) is 5.19. The Morgan fingerprint density at radius 3 is 2.80 bits per heavy atom. The standard InChI is InChI=1S/C2H10N2O4P2/c3-1-2-4-7-10(5,6)8-9/h4H,1-3,9H2,(H,5,6). The summed E-state index contributed by atoms with van der Waals surface area (Å²) in [6.07, 6.45) is 0. The Morgan fingerprint density at radius 2 is 2.40 bits per heavy atom. The lowest BCUT2D eigenvalue weighted by Crippen LogP contribution is -2.21. The molecule has 8 heteroatoms. The first kappa shape index (κ1) is 10.5. The molecule has 0 aromatic rings. The molecule has 0 spiro atoms. The van der Waals surface area contributed by atoms with Crippen molar-refractivity contribution in [1.82, 2.24) is 5.48 Å². The Labute approximate surface area is 60.9 Å². The van der Waals surface area contributed by atoms with E-state index in [0.717, 1.165) is 0 Å². The third-order valence-electron chi connectivity index (χ3n) is 0.560. The molecule has 0 saturated heterocycles. The highest BCUT2D eigenvalue weighted by Gasteiger charge is 2.17. The maximum atomic E-state index is 10.4. The second kappa shape index (κ2) is 5.16. The molecule has 0 amide bonds. The maximum Gasteiger partial charge on any atom is 0.491 e. The van der Waals surface area contributed by atoms with E-state index in [1.54, 1.807) is 9.47 Å². The maximum absolute atomic E-state index is 10.4. The van der Waals surface area contributed by atoms with Crippen LogP contribution in [0.25, 0.3) is 0 Å². The van der Waals surface area contributed by atoms with E-state index in [4.69, 9.17) is 10.6 Å². The van der Waals surface area contributed by atoms with Gasteiger partial charge in [-0.05, 0) is 0 Å². The van der Waals surface area contributed by atoms with Crippen LogP contribution in [0.3, 0.4) is 0 Å². The Kier molecular flexibility index (Phi) is 5.39. The molecule has 0 aliphatic rings. The average Bonchev–Trinajstić information content (AvgIpc) is 1.89.